The smallest absolute Gasteiger partial charge is 0.475 e. The summed E-state index contributed by atoms with van der Waals surface area (Å²) in [6.07, 6.45) is -2.01. The Labute approximate surface area is 205 Å². The van der Waals surface area contributed by atoms with Crippen molar-refractivity contribution < 1.29 is 32.7 Å². The summed E-state index contributed by atoms with van der Waals surface area (Å²) in [5.74, 6) is -2.60. The standard InChI is InChI=1S/C24H23N3O2.C2HF3O2/c1-17-7-9-19(10-8-17)27-16-24(14-21(27)28)11-13-26(15-24)23(29)20-6-2-4-18-5-3-12-25-22(18)20;3-2(4,5)1(6)7/h2-10,12H,11,13-16H2,1H3;(H,6,7). The number of aromatic nitrogens is 1. The zero-order valence-electron chi connectivity index (χ0n) is 19.5. The molecule has 10 heteroatoms. The highest BCUT2D eigenvalue weighted by Gasteiger charge is 2.49. The number of likely N-dealkylation sites (tertiary alicyclic amines) is 1. The van der Waals surface area contributed by atoms with E-state index >= 15 is 0 Å². The number of hydrogen-bond donors (Lipinski definition) is 1. The van der Waals surface area contributed by atoms with Crippen LogP contribution in [0, 0.1) is 12.3 Å². The summed E-state index contributed by atoms with van der Waals surface area (Å²) >= 11 is 0. The predicted octanol–water partition coefficient (Wildman–Crippen LogP) is 4.45. The second-order valence-corrected chi connectivity index (χ2v) is 9.15. The fourth-order valence-electron chi connectivity index (χ4n) is 4.68. The highest BCUT2D eigenvalue weighted by Crippen LogP contribution is 2.42. The molecule has 2 aliphatic heterocycles. The number of hydrogen-bond acceptors (Lipinski definition) is 4. The lowest BCUT2D eigenvalue weighted by atomic mass is 9.86. The van der Waals surface area contributed by atoms with Crippen LogP contribution in [0.25, 0.3) is 10.9 Å². The number of carbonyl (C=O) groups excluding carboxylic acids is 2. The first-order chi connectivity index (χ1) is 17.0. The van der Waals surface area contributed by atoms with Gasteiger partial charge in [-0.2, -0.15) is 13.2 Å². The van der Waals surface area contributed by atoms with Crippen LogP contribution in [0.5, 0.6) is 0 Å². The van der Waals surface area contributed by atoms with E-state index in [4.69, 9.17) is 9.90 Å². The van der Waals surface area contributed by atoms with Crippen LogP contribution in [0.2, 0.25) is 0 Å². The molecule has 0 aliphatic carbocycles. The van der Waals surface area contributed by atoms with Crippen molar-refractivity contribution in [2.24, 2.45) is 5.41 Å². The van der Waals surface area contributed by atoms with Gasteiger partial charge in [0.1, 0.15) is 0 Å². The molecule has 2 fully saturated rings. The molecule has 36 heavy (non-hydrogen) atoms. The topological polar surface area (TPSA) is 90.8 Å². The Kier molecular flexibility index (Phi) is 6.71. The second kappa shape index (κ2) is 9.60. The van der Waals surface area contributed by atoms with E-state index in [9.17, 15) is 22.8 Å². The van der Waals surface area contributed by atoms with Crippen LogP contribution in [0.15, 0.2) is 60.8 Å². The van der Waals surface area contributed by atoms with Crippen molar-refractivity contribution in [2.45, 2.75) is 25.9 Å². The molecule has 2 saturated heterocycles. The summed E-state index contributed by atoms with van der Waals surface area (Å²) in [6.45, 7) is 4.01. The van der Waals surface area contributed by atoms with E-state index in [1.807, 2.05) is 71.3 Å². The van der Waals surface area contributed by atoms with E-state index in [-0.39, 0.29) is 17.2 Å². The predicted molar refractivity (Wildman–Crippen MR) is 127 cm³/mol. The van der Waals surface area contributed by atoms with Crippen molar-refractivity contribution in [3.8, 4) is 0 Å². The number of halogens is 3. The molecule has 3 heterocycles. The molecule has 1 unspecified atom stereocenters. The minimum atomic E-state index is -5.08. The molecular weight excluding hydrogens is 475 g/mol. The van der Waals surface area contributed by atoms with Crippen LogP contribution in [0.4, 0.5) is 18.9 Å². The summed E-state index contributed by atoms with van der Waals surface area (Å²) in [5.41, 5.74) is 3.34. The van der Waals surface area contributed by atoms with Gasteiger partial charge in [-0.25, -0.2) is 4.79 Å². The molecule has 2 aliphatic rings. The summed E-state index contributed by atoms with van der Waals surface area (Å²) < 4.78 is 31.7. The molecule has 0 radical (unpaired) electrons. The van der Waals surface area contributed by atoms with Crippen LogP contribution < -0.4 is 4.90 Å². The minimum Gasteiger partial charge on any atom is -0.475 e. The Morgan fingerprint density at radius 3 is 2.36 bits per heavy atom. The third-order valence-corrected chi connectivity index (χ3v) is 6.50. The number of anilines is 1. The molecule has 0 saturated carbocycles. The molecule has 2 amide bonds. The number of aliphatic carboxylic acids is 1. The number of benzene rings is 2. The molecule has 1 N–H and O–H groups in total. The Hall–Kier alpha value is -3.95. The number of carboxylic acid groups (broad SMARTS) is 1. The minimum absolute atomic E-state index is 0.00686. The van der Waals surface area contributed by atoms with Crippen molar-refractivity contribution >= 4 is 34.4 Å². The van der Waals surface area contributed by atoms with E-state index in [1.165, 1.54) is 5.56 Å². The Balaban J connectivity index is 0.000000384. The second-order valence-electron chi connectivity index (χ2n) is 9.15. The quantitative estimate of drug-likeness (QED) is 0.563. The molecule has 3 aromatic rings. The van der Waals surface area contributed by atoms with E-state index < -0.39 is 12.1 Å². The number of para-hydroxylation sites is 1. The third kappa shape index (κ3) is 5.17. The molecule has 7 nitrogen and oxygen atoms in total. The summed E-state index contributed by atoms with van der Waals surface area (Å²) in [6, 6.07) is 17.7. The van der Waals surface area contributed by atoms with Gasteiger partial charge in [0.15, 0.2) is 0 Å². The maximum Gasteiger partial charge on any atom is 0.490 e. The summed E-state index contributed by atoms with van der Waals surface area (Å²) in [4.78, 5) is 43.1. The molecule has 1 atom stereocenters. The van der Waals surface area contributed by atoms with Crippen LogP contribution in [0.1, 0.15) is 28.8 Å². The molecule has 188 valence electrons. The fourth-order valence-corrected chi connectivity index (χ4v) is 4.68. The van der Waals surface area contributed by atoms with Crippen LogP contribution in [-0.4, -0.2) is 58.6 Å². The van der Waals surface area contributed by atoms with E-state index in [0.717, 1.165) is 23.0 Å². The first-order valence-corrected chi connectivity index (χ1v) is 11.3. The number of aryl methyl sites for hydroxylation is 1. The number of carboxylic acids is 1. The molecule has 0 bridgehead atoms. The number of alkyl halides is 3. The number of rotatable bonds is 2. The van der Waals surface area contributed by atoms with Gasteiger partial charge in [-0.1, -0.05) is 35.9 Å². The number of amides is 2. The van der Waals surface area contributed by atoms with Gasteiger partial charge in [-0.05, 0) is 37.6 Å². The number of fused-ring (bicyclic) bond motifs is 1. The number of carbonyl (C=O) groups is 3. The van der Waals surface area contributed by atoms with Gasteiger partial charge in [-0.15, -0.1) is 0 Å². The molecule has 1 aromatic heterocycles. The Bertz CT molecular complexity index is 1300. The average Bonchev–Trinajstić information content (AvgIpc) is 3.40. The monoisotopic (exact) mass is 499 g/mol. The third-order valence-electron chi connectivity index (χ3n) is 6.50. The maximum atomic E-state index is 13.3. The van der Waals surface area contributed by atoms with Crippen molar-refractivity contribution in [3.63, 3.8) is 0 Å². The molecular formula is C26H24F3N3O4. The largest absolute Gasteiger partial charge is 0.490 e. The van der Waals surface area contributed by atoms with E-state index in [0.29, 0.717) is 31.6 Å². The SMILES string of the molecule is Cc1ccc(N2CC3(CCN(C(=O)c4cccc5cccnc45)C3)CC2=O)cc1.O=C(O)C(F)(F)F. The van der Waals surface area contributed by atoms with E-state index in [2.05, 4.69) is 4.98 Å². The lowest BCUT2D eigenvalue weighted by Crippen LogP contribution is -2.34. The molecule has 1 spiro atoms. The zero-order valence-corrected chi connectivity index (χ0v) is 19.5. The Morgan fingerprint density at radius 1 is 1.03 bits per heavy atom. The Morgan fingerprint density at radius 2 is 1.69 bits per heavy atom. The number of pyridine rings is 1. The van der Waals surface area contributed by atoms with Crippen molar-refractivity contribution in [2.75, 3.05) is 24.5 Å². The lowest BCUT2D eigenvalue weighted by Gasteiger charge is -2.24. The van der Waals surface area contributed by atoms with E-state index in [1.54, 1.807) is 6.20 Å². The van der Waals surface area contributed by atoms with Crippen molar-refractivity contribution in [1.82, 2.24) is 9.88 Å². The zero-order chi connectivity index (χ0) is 26.1. The lowest BCUT2D eigenvalue weighted by molar-refractivity contribution is -0.192. The van der Waals surface area contributed by atoms with Gasteiger partial charge in [0.05, 0.1) is 11.1 Å². The first kappa shape index (κ1) is 25.2. The number of nitrogens with zero attached hydrogens (tertiary/aromatic N) is 3. The van der Waals surface area contributed by atoms with Crippen LogP contribution in [0.3, 0.4) is 0 Å². The average molecular weight is 499 g/mol. The highest BCUT2D eigenvalue weighted by molar-refractivity contribution is 6.05. The van der Waals surface area contributed by atoms with Gasteiger partial charge in [-0.3, -0.25) is 14.6 Å². The summed E-state index contributed by atoms with van der Waals surface area (Å²) in [5, 5.41) is 8.09. The van der Waals surface area contributed by atoms with Gasteiger partial charge in [0.25, 0.3) is 5.91 Å². The fraction of sp³-hybridized carbons (Fsp3) is 0.308. The molecule has 5 rings (SSSR count). The van der Waals surface area contributed by atoms with Gasteiger partial charge < -0.3 is 14.9 Å². The maximum absolute atomic E-state index is 13.3. The van der Waals surface area contributed by atoms with Gasteiger partial charge >= 0.3 is 12.1 Å². The van der Waals surface area contributed by atoms with Crippen molar-refractivity contribution in [3.05, 3.63) is 71.9 Å². The summed E-state index contributed by atoms with van der Waals surface area (Å²) in [7, 11) is 0. The van der Waals surface area contributed by atoms with Crippen molar-refractivity contribution in [1.29, 1.82) is 0 Å². The first-order valence-electron chi connectivity index (χ1n) is 11.3. The van der Waals surface area contributed by atoms with Gasteiger partial charge in [0, 0.05) is 48.7 Å². The normalized spacial score (nSPS) is 19.5. The highest BCUT2D eigenvalue weighted by atomic mass is 19.4. The van der Waals surface area contributed by atoms with Gasteiger partial charge in [0.2, 0.25) is 5.91 Å². The van der Waals surface area contributed by atoms with Crippen LogP contribution >= 0.6 is 0 Å². The van der Waals surface area contributed by atoms with Crippen LogP contribution in [-0.2, 0) is 9.59 Å². The molecule has 2 aromatic carbocycles.